The Morgan fingerprint density at radius 1 is 1.30 bits per heavy atom. The molecule has 7 heteroatoms. The number of furan rings is 1. The SMILES string of the molecule is COc1ccc(C2CC(=O)N(Cc3ccc(Cl)cc3F)C2)c2c1oc1ncccc12. The highest BCUT2D eigenvalue weighted by atomic mass is 35.5. The van der Waals surface area contributed by atoms with Crippen LogP contribution in [0.5, 0.6) is 5.75 Å². The van der Waals surface area contributed by atoms with Gasteiger partial charge in [0.15, 0.2) is 11.3 Å². The summed E-state index contributed by atoms with van der Waals surface area (Å²) in [6, 6.07) is 12.2. The molecule has 0 bridgehead atoms. The molecule has 1 saturated heterocycles. The molecule has 1 unspecified atom stereocenters. The Morgan fingerprint density at radius 2 is 2.17 bits per heavy atom. The molecule has 1 amide bonds. The number of ether oxygens (including phenoxy) is 1. The van der Waals surface area contributed by atoms with Gasteiger partial charge in [0.2, 0.25) is 11.6 Å². The van der Waals surface area contributed by atoms with Crippen LogP contribution < -0.4 is 4.74 Å². The van der Waals surface area contributed by atoms with E-state index in [1.54, 1.807) is 30.3 Å². The highest BCUT2D eigenvalue weighted by Crippen LogP contribution is 2.41. The number of likely N-dealkylation sites (tertiary alicyclic amines) is 1. The van der Waals surface area contributed by atoms with Crippen molar-refractivity contribution in [1.82, 2.24) is 9.88 Å². The fourth-order valence-electron chi connectivity index (χ4n) is 4.21. The van der Waals surface area contributed by atoms with Crippen LogP contribution in [0.2, 0.25) is 5.02 Å². The lowest BCUT2D eigenvalue weighted by molar-refractivity contribution is -0.128. The summed E-state index contributed by atoms with van der Waals surface area (Å²) in [5.74, 6) is 0.167. The van der Waals surface area contributed by atoms with Crippen molar-refractivity contribution in [2.75, 3.05) is 13.7 Å². The van der Waals surface area contributed by atoms with Gasteiger partial charge in [-0.2, -0.15) is 0 Å². The number of hydrogen-bond donors (Lipinski definition) is 0. The van der Waals surface area contributed by atoms with Crippen LogP contribution in [-0.2, 0) is 11.3 Å². The van der Waals surface area contributed by atoms with Crippen LogP contribution in [0, 0.1) is 5.82 Å². The quantitative estimate of drug-likeness (QED) is 0.446. The molecule has 2 aromatic carbocycles. The summed E-state index contributed by atoms with van der Waals surface area (Å²) in [5.41, 5.74) is 2.61. The summed E-state index contributed by atoms with van der Waals surface area (Å²) < 4.78 is 25.6. The molecule has 0 saturated carbocycles. The van der Waals surface area contributed by atoms with Crippen molar-refractivity contribution in [3.63, 3.8) is 0 Å². The third kappa shape index (κ3) is 3.08. The summed E-state index contributed by atoms with van der Waals surface area (Å²) in [6.07, 6.45) is 2.03. The van der Waals surface area contributed by atoms with E-state index in [9.17, 15) is 9.18 Å². The van der Waals surface area contributed by atoms with E-state index in [1.807, 2.05) is 24.3 Å². The van der Waals surface area contributed by atoms with Gasteiger partial charge in [-0.05, 0) is 35.9 Å². The molecule has 0 N–H and O–H groups in total. The Balaban J connectivity index is 1.52. The minimum Gasteiger partial charge on any atom is -0.493 e. The van der Waals surface area contributed by atoms with Crippen LogP contribution in [0.1, 0.15) is 23.5 Å². The summed E-state index contributed by atoms with van der Waals surface area (Å²) in [4.78, 5) is 18.7. The van der Waals surface area contributed by atoms with Gasteiger partial charge in [0.1, 0.15) is 5.82 Å². The van der Waals surface area contributed by atoms with E-state index in [0.29, 0.717) is 40.6 Å². The topological polar surface area (TPSA) is 55.6 Å². The molecule has 3 heterocycles. The van der Waals surface area contributed by atoms with E-state index < -0.39 is 5.82 Å². The number of carbonyl (C=O) groups excluding carboxylic acids is 1. The van der Waals surface area contributed by atoms with Crippen molar-refractivity contribution in [2.45, 2.75) is 18.9 Å². The molecule has 1 atom stereocenters. The summed E-state index contributed by atoms with van der Waals surface area (Å²) in [7, 11) is 1.59. The zero-order chi connectivity index (χ0) is 20.8. The van der Waals surface area contributed by atoms with Gasteiger partial charge < -0.3 is 14.1 Å². The maximum absolute atomic E-state index is 14.2. The van der Waals surface area contributed by atoms with Gasteiger partial charge in [-0.3, -0.25) is 4.79 Å². The third-order valence-electron chi connectivity index (χ3n) is 5.64. The lowest BCUT2D eigenvalue weighted by Gasteiger charge is -2.18. The number of hydrogen-bond acceptors (Lipinski definition) is 4. The molecule has 5 nitrogen and oxygen atoms in total. The molecule has 1 aliphatic heterocycles. The molecule has 0 aliphatic carbocycles. The summed E-state index contributed by atoms with van der Waals surface area (Å²) >= 11 is 5.84. The largest absolute Gasteiger partial charge is 0.493 e. The van der Waals surface area contributed by atoms with Gasteiger partial charge >= 0.3 is 0 Å². The van der Waals surface area contributed by atoms with Gasteiger partial charge in [0, 0.05) is 53.0 Å². The highest BCUT2D eigenvalue weighted by Gasteiger charge is 2.33. The molecule has 0 radical (unpaired) electrons. The first-order chi connectivity index (χ1) is 14.5. The standard InChI is InChI=1S/C23H18ClFN2O3/c1-29-19-7-6-16(21-17-3-2-8-26-23(17)30-22(19)21)14-9-20(28)27(12-14)11-13-4-5-15(24)10-18(13)25/h2-8,10,14H,9,11-12H2,1H3. The Morgan fingerprint density at radius 3 is 2.97 bits per heavy atom. The highest BCUT2D eigenvalue weighted by molar-refractivity contribution is 6.30. The molecule has 5 rings (SSSR count). The molecule has 4 aromatic rings. The number of benzene rings is 2. The van der Waals surface area contributed by atoms with E-state index in [1.165, 1.54) is 6.07 Å². The number of amides is 1. The summed E-state index contributed by atoms with van der Waals surface area (Å²) in [6.45, 7) is 0.709. The second-order valence-corrected chi connectivity index (χ2v) is 7.87. The van der Waals surface area contributed by atoms with Gasteiger partial charge in [0.25, 0.3) is 0 Å². The zero-order valence-electron chi connectivity index (χ0n) is 16.2. The van der Waals surface area contributed by atoms with E-state index >= 15 is 0 Å². The van der Waals surface area contributed by atoms with Crippen LogP contribution in [0.25, 0.3) is 22.1 Å². The Labute approximate surface area is 177 Å². The molecule has 1 fully saturated rings. The van der Waals surface area contributed by atoms with Crippen molar-refractivity contribution in [1.29, 1.82) is 0 Å². The van der Waals surface area contributed by atoms with Crippen molar-refractivity contribution >= 4 is 39.6 Å². The predicted octanol–water partition coefficient (Wildman–Crippen LogP) is 5.30. The first-order valence-corrected chi connectivity index (χ1v) is 9.98. The average Bonchev–Trinajstić information content (AvgIpc) is 3.30. The van der Waals surface area contributed by atoms with E-state index in [2.05, 4.69) is 4.98 Å². The Hall–Kier alpha value is -3.12. The van der Waals surface area contributed by atoms with E-state index in [4.69, 9.17) is 20.8 Å². The lowest BCUT2D eigenvalue weighted by atomic mass is 9.93. The Bertz CT molecular complexity index is 1290. The number of nitrogens with zero attached hydrogens (tertiary/aromatic N) is 2. The van der Waals surface area contributed by atoms with Crippen LogP contribution >= 0.6 is 11.6 Å². The van der Waals surface area contributed by atoms with Gasteiger partial charge in [0.05, 0.1) is 7.11 Å². The number of fused-ring (bicyclic) bond motifs is 3. The smallest absolute Gasteiger partial charge is 0.227 e. The van der Waals surface area contributed by atoms with Crippen molar-refractivity contribution in [3.05, 3.63) is 70.6 Å². The first kappa shape index (κ1) is 18.9. The van der Waals surface area contributed by atoms with Gasteiger partial charge in [-0.25, -0.2) is 9.37 Å². The zero-order valence-corrected chi connectivity index (χ0v) is 16.9. The fraction of sp³-hybridized carbons (Fsp3) is 0.217. The molecule has 1 aliphatic rings. The van der Waals surface area contributed by atoms with Crippen LogP contribution in [0.4, 0.5) is 4.39 Å². The fourth-order valence-corrected chi connectivity index (χ4v) is 4.37. The third-order valence-corrected chi connectivity index (χ3v) is 5.88. The number of methoxy groups -OCH3 is 1. The predicted molar refractivity (Wildman–Crippen MR) is 112 cm³/mol. The summed E-state index contributed by atoms with van der Waals surface area (Å²) in [5, 5.41) is 2.13. The van der Waals surface area contributed by atoms with Crippen molar-refractivity contribution in [3.8, 4) is 5.75 Å². The maximum Gasteiger partial charge on any atom is 0.227 e. The molecule has 2 aromatic heterocycles. The minimum atomic E-state index is -0.405. The van der Waals surface area contributed by atoms with Crippen molar-refractivity contribution < 1.29 is 18.3 Å². The lowest BCUT2D eigenvalue weighted by Crippen LogP contribution is -2.25. The number of carbonyl (C=O) groups is 1. The maximum atomic E-state index is 14.2. The number of pyridine rings is 1. The molecule has 152 valence electrons. The number of rotatable bonds is 4. The van der Waals surface area contributed by atoms with Crippen molar-refractivity contribution in [2.24, 2.45) is 0 Å². The average molecular weight is 425 g/mol. The molecule has 0 spiro atoms. The number of aromatic nitrogens is 1. The van der Waals surface area contributed by atoms with Crippen LogP contribution in [0.3, 0.4) is 0 Å². The molecular formula is C23H18ClFN2O3. The van der Waals surface area contributed by atoms with E-state index in [0.717, 1.165) is 16.3 Å². The number of halogens is 2. The normalized spacial score (nSPS) is 16.7. The van der Waals surface area contributed by atoms with Crippen LogP contribution in [-0.4, -0.2) is 29.4 Å². The van der Waals surface area contributed by atoms with Gasteiger partial charge in [-0.15, -0.1) is 0 Å². The minimum absolute atomic E-state index is 0.00996. The molecule has 30 heavy (non-hydrogen) atoms. The van der Waals surface area contributed by atoms with Gasteiger partial charge in [-0.1, -0.05) is 23.7 Å². The second-order valence-electron chi connectivity index (χ2n) is 7.43. The monoisotopic (exact) mass is 424 g/mol. The van der Waals surface area contributed by atoms with E-state index in [-0.39, 0.29) is 18.4 Å². The van der Waals surface area contributed by atoms with Crippen LogP contribution in [0.15, 0.2) is 53.1 Å². The Kier molecular flexibility index (Phi) is 4.59. The second kappa shape index (κ2) is 7.29. The first-order valence-electron chi connectivity index (χ1n) is 9.61. The molecular weight excluding hydrogens is 407 g/mol.